The van der Waals surface area contributed by atoms with Crippen LogP contribution >= 0.6 is 0 Å². The second-order valence-corrected chi connectivity index (χ2v) is 7.86. The molecule has 1 heterocycles. The zero-order chi connectivity index (χ0) is 16.0. The minimum atomic E-state index is -3.44. The van der Waals surface area contributed by atoms with Gasteiger partial charge in [0.05, 0.1) is 18.1 Å². The maximum Gasteiger partial charge on any atom is 0.240 e. The largest absolute Gasteiger partial charge is 0.379 e. The van der Waals surface area contributed by atoms with E-state index < -0.39 is 10.0 Å². The first kappa shape index (κ1) is 17.4. The molecule has 0 aliphatic carbocycles. The summed E-state index contributed by atoms with van der Waals surface area (Å²) in [5.74, 6) is 0.522. The van der Waals surface area contributed by atoms with Gasteiger partial charge in [0, 0.05) is 25.7 Å². The topological polar surface area (TPSA) is 58.6 Å². The Balaban J connectivity index is 2.01. The Bertz CT molecular complexity index is 540. The molecular weight excluding hydrogens is 300 g/mol. The number of hydrogen-bond acceptors (Lipinski definition) is 4. The van der Waals surface area contributed by atoms with Gasteiger partial charge in [0.15, 0.2) is 0 Å². The van der Waals surface area contributed by atoms with Crippen molar-refractivity contribution in [3.05, 3.63) is 30.3 Å². The molecule has 0 bridgehead atoms. The highest BCUT2D eigenvalue weighted by Gasteiger charge is 2.24. The van der Waals surface area contributed by atoms with Crippen molar-refractivity contribution >= 4 is 10.0 Å². The molecule has 124 valence electrons. The van der Waals surface area contributed by atoms with Gasteiger partial charge in [0.1, 0.15) is 0 Å². The number of ether oxygens (including phenoxy) is 1. The van der Waals surface area contributed by atoms with Gasteiger partial charge in [-0.1, -0.05) is 32.0 Å². The SMILES string of the molecule is CC(C)C[C@H](CNS(=O)(=O)c1ccccc1)N1CCOCC1. The van der Waals surface area contributed by atoms with Crippen molar-refractivity contribution < 1.29 is 13.2 Å². The van der Waals surface area contributed by atoms with Crippen LogP contribution in [0.1, 0.15) is 20.3 Å². The van der Waals surface area contributed by atoms with Crippen molar-refractivity contribution in [3.63, 3.8) is 0 Å². The Morgan fingerprint density at radius 3 is 2.41 bits per heavy atom. The fourth-order valence-electron chi connectivity index (χ4n) is 2.74. The molecule has 0 amide bonds. The van der Waals surface area contributed by atoms with Gasteiger partial charge in [0.25, 0.3) is 0 Å². The van der Waals surface area contributed by atoms with E-state index in [4.69, 9.17) is 4.74 Å². The number of nitrogens with one attached hydrogen (secondary N) is 1. The van der Waals surface area contributed by atoms with Crippen LogP contribution < -0.4 is 4.72 Å². The molecule has 0 saturated carbocycles. The smallest absolute Gasteiger partial charge is 0.240 e. The molecule has 1 aromatic carbocycles. The van der Waals surface area contributed by atoms with Crippen LogP contribution in [0, 0.1) is 5.92 Å². The standard InChI is InChI=1S/C16H26N2O3S/c1-14(2)12-15(18-8-10-21-11-9-18)13-17-22(19,20)16-6-4-3-5-7-16/h3-7,14-15,17H,8-13H2,1-2H3/t15-/m1/s1. The molecule has 0 radical (unpaired) electrons. The zero-order valence-electron chi connectivity index (χ0n) is 13.4. The minimum absolute atomic E-state index is 0.211. The molecule has 1 aromatic rings. The van der Waals surface area contributed by atoms with Crippen LogP contribution in [0.5, 0.6) is 0 Å². The van der Waals surface area contributed by atoms with Crippen molar-refractivity contribution in [2.24, 2.45) is 5.92 Å². The van der Waals surface area contributed by atoms with E-state index in [9.17, 15) is 8.42 Å². The highest BCUT2D eigenvalue weighted by atomic mass is 32.2. The fraction of sp³-hybridized carbons (Fsp3) is 0.625. The second-order valence-electron chi connectivity index (χ2n) is 6.10. The van der Waals surface area contributed by atoms with E-state index in [1.807, 2.05) is 6.07 Å². The van der Waals surface area contributed by atoms with Gasteiger partial charge >= 0.3 is 0 Å². The van der Waals surface area contributed by atoms with Crippen LogP contribution in [0.4, 0.5) is 0 Å². The summed E-state index contributed by atoms with van der Waals surface area (Å²) < 4.78 is 32.9. The molecule has 6 heteroatoms. The van der Waals surface area contributed by atoms with E-state index in [1.165, 1.54) is 0 Å². The van der Waals surface area contributed by atoms with E-state index in [-0.39, 0.29) is 6.04 Å². The highest BCUT2D eigenvalue weighted by Crippen LogP contribution is 2.14. The minimum Gasteiger partial charge on any atom is -0.379 e. The van der Waals surface area contributed by atoms with Gasteiger partial charge < -0.3 is 4.74 Å². The summed E-state index contributed by atoms with van der Waals surface area (Å²) in [6.45, 7) is 7.95. The van der Waals surface area contributed by atoms with Crippen LogP contribution in [-0.2, 0) is 14.8 Å². The van der Waals surface area contributed by atoms with Crippen LogP contribution in [0.2, 0.25) is 0 Å². The lowest BCUT2D eigenvalue weighted by molar-refractivity contribution is 0.0134. The molecule has 0 aromatic heterocycles. The van der Waals surface area contributed by atoms with E-state index in [2.05, 4.69) is 23.5 Å². The molecule has 1 aliphatic heterocycles. The number of rotatable bonds is 7. The average molecular weight is 326 g/mol. The number of morpholine rings is 1. The normalized spacial score (nSPS) is 18.5. The van der Waals surface area contributed by atoms with Crippen LogP contribution in [0.15, 0.2) is 35.2 Å². The van der Waals surface area contributed by atoms with E-state index in [0.717, 1.165) is 32.7 Å². The lowest BCUT2D eigenvalue weighted by Crippen LogP contribution is -2.49. The fourth-order valence-corrected chi connectivity index (χ4v) is 3.83. The summed E-state index contributed by atoms with van der Waals surface area (Å²) in [5.41, 5.74) is 0. The summed E-state index contributed by atoms with van der Waals surface area (Å²) in [6.07, 6.45) is 0.970. The van der Waals surface area contributed by atoms with Gasteiger partial charge in [-0.2, -0.15) is 0 Å². The summed E-state index contributed by atoms with van der Waals surface area (Å²) in [6, 6.07) is 8.74. The Kier molecular flexibility index (Phi) is 6.37. The van der Waals surface area contributed by atoms with Crippen LogP contribution in [0.25, 0.3) is 0 Å². The third-order valence-corrected chi connectivity index (χ3v) is 5.31. The van der Waals surface area contributed by atoms with Crippen LogP contribution in [0.3, 0.4) is 0 Å². The predicted molar refractivity (Wildman–Crippen MR) is 87.3 cm³/mol. The average Bonchev–Trinajstić information content (AvgIpc) is 2.53. The molecule has 5 nitrogen and oxygen atoms in total. The monoisotopic (exact) mass is 326 g/mol. The van der Waals surface area contributed by atoms with E-state index >= 15 is 0 Å². The van der Waals surface area contributed by atoms with Gasteiger partial charge in [-0.3, -0.25) is 4.90 Å². The third kappa shape index (κ3) is 5.05. The second kappa shape index (κ2) is 8.06. The van der Waals surface area contributed by atoms with E-state index in [1.54, 1.807) is 24.3 Å². The molecule has 0 spiro atoms. The van der Waals surface area contributed by atoms with Crippen molar-refractivity contribution in [2.75, 3.05) is 32.8 Å². The molecule has 1 N–H and O–H groups in total. The molecule has 1 saturated heterocycles. The Hall–Kier alpha value is -0.950. The first-order valence-corrected chi connectivity index (χ1v) is 9.34. The Morgan fingerprint density at radius 1 is 1.18 bits per heavy atom. The number of hydrogen-bond donors (Lipinski definition) is 1. The number of benzene rings is 1. The maximum absolute atomic E-state index is 12.4. The molecule has 0 unspecified atom stereocenters. The number of nitrogens with zero attached hydrogens (tertiary/aromatic N) is 1. The van der Waals surface area contributed by atoms with Gasteiger partial charge in [-0.25, -0.2) is 13.1 Å². The van der Waals surface area contributed by atoms with Crippen molar-refractivity contribution in [1.82, 2.24) is 9.62 Å². The lowest BCUT2D eigenvalue weighted by Gasteiger charge is -2.35. The Morgan fingerprint density at radius 2 is 1.82 bits per heavy atom. The summed E-state index contributed by atoms with van der Waals surface area (Å²) in [4.78, 5) is 2.65. The summed E-state index contributed by atoms with van der Waals surface area (Å²) in [7, 11) is -3.44. The van der Waals surface area contributed by atoms with E-state index in [0.29, 0.717) is 17.4 Å². The zero-order valence-corrected chi connectivity index (χ0v) is 14.2. The van der Waals surface area contributed by atoms with Gasteiger partial charge in [-0.05, 0) is 24.5 Å². The van der Waals surface area contributed by atoms with Crippen molar-refractivity contribution in [3.8, 4) is 0 Å². The first-order valence-electron chi connectivity index (χ1n) is 7.85. The molecule has 22 heavy (non-hydrogen) atoms. The third-order valence-electron chi connectivity index (χ3n) is 3.87. The molecule has 2 rings (SSSR count). The molecule has 1 fully saturated rings. The molecule has 1 aliphatic rings. The van der Waals surface area contributed by atoms with Crippen LogP contribution in [-0.4, -0.2) is 52.2 Å². The van der Waals surface area contributed by atoms with Crippen molar-refractivity contribution in [1.29, 1.82) is 0 Å². The summed E-state index contributed by atoms with van der Waals surface area (Å²) in [5, 5.41) is 0. The first-order chi connectivity index (χ1) is 10.5. The number of sulfonamides is 1. The van der Waals surface area contributed by atoms with Gasteiger partial charge in [-0.15, -0.1) is 0 Å². The molecule has 1 atom stereocenters. The Labute approximate surface area is 133 Å². The van der Waals surface area contributed by atoms with Gasteiger partial charge in [0.2, 0.25) is 10.0 Å². The highest BCUT2D eigenvalue weighted by molar-refractivity contribution is 7.89. The quantitative estimate of drug-likeness (QED) is 0.829. The molecular formula is C16H26N2O3S. The predicted octanol–water partition coefficient (Wildman–Crippen LogP) is 1.71. The van der Waals surface area contributed by atoms with Crippen molar-refractivity contribution in [2.45, 2.75) is 31.2 Å². The maximum atomic E-state index is 12.4. The lowest BCUT2D eigenvalue weighted by atomic mass is 10.0. The summed E-state index contributed by atoms with van der Waals surface area (Å²) >= 11 is 0.